The van der Waals surface area contributed by atoms with Gasteiger partial charge in [-0.05, 0) is 38.8 Å². The lowest BCUT2D eigenvalue weighted by molar-refractivity contribution is 0.0707. The van der Waals surface area contributed by atoms with E-state index in [9.17, 15) is 4.79 Å². The standard InChI is InChI=1S/C20H23N5OS/c1-14-18(27-15(2)23-14)20(26)25-10-5-6-16(12-25)19-22-9-11-24(19)13-17-7-3-4-8-21-17/h3-4,7-9,11,16H,5-6,10,12-13H2,1-2H3/t16-/m0/s1. The molecule has 6 nitrogen and oxygen atoms in total. The van der Waals surface area contributed by atoms with E-state index in [-0.39, 0.29) is 11.8 Å². The number of carbonyl (C=O) groups excluding carboxylic acids is 1. The fourth-order valence-electron chi connectivity index (χ4n) is 3.73. The molecule has 0 spiro atoms. The first-order valence-corrected chi connectivity index (χ1v) is 10.1. The van der Waals surface area contributed by atoms with Crippen molar-refractivity contribution in [2.75, 3.05) is 13.1 Å². The van der Waals surface area contributed by atoms with Crippen LogP contribution in [0.1, 0.15) is 50.7 Å². The highest BCUT2D eigenvalue weighted by Gasteiger charge is 2.29. The van der Waals surface area contributed by atoms with Gasteiger partial charge in [-0.1, -0.05) is 6.07 Å². The zero-order valence-electron chi connectivity index (χ0n) is 15.6. The van der Waals surface area contributed by atoms with Crippen LogP contribution in [0.3, 0.4) is 0 Å². The van der Waals surface area contributed by atoms with Crippen molar-refractivity contribution in [2.24, 2.45) is 0 Å². The summed E-state index contributed by atoms with van der Waals surface area (Å²) in [6.07, 6.45) is 7.69. The molecular weight excluding hydrogens is 358 g/mol. The molecule has 4 heterocycles. The molecule has 0 saturated carbocycles. The van der Waals surface area contributed by atoms with Crippen molar-refractivity contribution >= 4 is 17.2 Å². The summed E-state index contributed by atoms with van der Waals surface area (Å²) in [5.74, 6) is 1.39. The first-order chi connectivity index (χ1) is 13.1. The van der Waals surface area contributed by atoms with Gasteiger partial charge in [-0.3, -0.25) is 9.78 Å². The number of imidazole rings is 1. The van der Waals surface area contributed by atoms with E-state index in [0.29, 0.717) is 13.1 Å². The molecule has 0 radical (unpaired) electrons. The molecule has 0 aromatic carbocycles. The van der Waals surface area contributed by atoms with Crippen LogP contribution in [0.4, 0.5) is 0 Å². The first kappa shape index (κ1) is 17.9. The third kappa shape index (κ3) is 3.78. The number of aryl methyl sites for hydroxylation is 2. The van der Waals surface area contributed by atoms with Crippen LogP contribution in [-0.2, 0) is 6.54 Å². The molecule has 1 atom stereocenters. The minimum Gasteiger partial charge on any atom is -0.337 e. The van der Waals surface area contributed by atoms with Gasteiger partial charge in [0, 0.05) is 37.6 Å². The Morgan fingerprint density at radius 2 is 2.15 bits per heavy atom. The Morgan fingerprint density at radius 3 is 2.89 bits per heavy atom. The minimum atomic E-state index is 0.102. The SMILES string of the molecule is Cc1nc(C)c(C(=O)N2CCC[C@H](c3nccn3Cc3ccccn3)C2)s1. The van der Waals surface area contributed by atoms with Crippen LogP contribution in [0.15, 0.2) is 36.8 Å². The highest BCUT2D eigenvalue weighted by atomic mass is 32.1. The quantitative estimate of drug-likeness (QED) is 0.695. The number of thiazole rings is 1. The third-order valence-electron chi connectivity index (χ3n) is 4.98. The number of aromatic nitrogens is 4. The Balaban J connectivity index is 1.51. The average Bonchev–Trinajstić information content (AvgIpc) is 3.28. The molecule has 3 aromatic heterocycles. The van der Waals surface area contributed by atoms with Crippen LogP contribution in [0, 0.1) is 13.8 Å². The maximum absolute atomic E-state index is 13.0. The van der Waals surface area contributed by atoms with Crippen LogP contribution in [0.25, 0.3) is 0 Å². The predicted octanol–water partition coefficient (Wildman–Crippen LogP) is 3.42. The Labute approximate surface area is 162 Å². The Morgan fingerprint density at radius 1 is 1.26 bits per heavy atom. The molecule has 1 aliphatic rings. The minimum absolute atomic E-state index is 0.102. The van der Waals surface area contributed by atoms with Gasteiger partial charge in [0.15, 0.2) is 0 Å². The van der Waals surface area contributed by atoms with Crippen molar-refractivity contribution < 1.29 is 4.79 Å². The van der Waals surface area contributed by atoms with E-state index in [1.54, 1.807) is 0 Å². The molecule has 0 N–H and O–H groups in total. The van der Waals surface area contributed by atoms with Crippen LogP contribution in [0.5, 0.6) is 0 Å². The molecule has 1 aliphatic heterocycles. The van der Waals surface area contributed by atoms with Crippen molar-refractivity contribution in [3.8, 4) is 0 Å². The van der Waals surface area contributed by atoms with E-state index < -0.39 is 0 Å². The number of carbonyl (C=O) groups is 1. The van der Waals surface area contributed by atoms with Crippen molar-refractivity contribution in [3.05, 3.63) is 63.9 Å². The highest BCUT2D eigenvalue weighted by molar-refractivity contribution is 7.13. The zero-order chi connectivity index (χ0) is 18.8. The molecule has 3 aromatic rings. The fourth-order valence-corrected chi connectivity index (χ4v) is 4.61. The number of pyridine rings is 1. The summed E-state index contributed by atoms with van der Waals surface area (Å²) in [6, 6.07) is 5.95. The molecule has 1 amide bonds. The summed E-state index contributed by atoms with van der Waals surface area (Å²) in [5, 5.41) is 0.940. The lowest BCUT2D eigenvalue weighted by atomic mass is 9.97. The van der Waals surface area contributed by atoms with Crippen LogP contribution < -0.4 is 0 Å². The molecule has 0 unspecified atom stereocenters. The second kappa shape index (κ2) is 7.60. The Kier molecular flexibility index (Phi) is 5.03. The van der Waals surface area contributed by atoms with E-state index in [2.05, 4.69) is 19.5 Å². The number of amides is 1. The van der Waals surface area contributed by atoms with Gasteiger partial charge in [-0.2, -0.15) is 0 Å². The summed E-state index contributed by atoms with van der Waals surface area (Å²) in [4.78, 5) is 29.2. The third-order valence-corrected chi connectivity index (χ3v) is 6.04. The summed E-state index contributed by atoms with van der Waals surface area (Å²) < 4.78 is 2.16. The molecule has 7 heteroatoms. The van der Waals surface area contributed by atoms with Crippen molar-refractivity contribution in [2.45, 2.75) is 39.2 Å². The first-order valence-electron chi connectivity index (χ1n) is 9.26. The summed E-state index contributed by atoms with van der Waals surface area (Å²) in [7, 11) is 0. The predicted molar refractivity (Wildman–Crippen MR) is 105 cm³/mol. The fraction of sp³-hybridized carbons (Fsp3) is 0.400. The van der Waals surface area contributed by atoms with Crippen molar-refractivity contribution in [3.63, 3.8) is 0 Å². The molecular formula is C20H23N5OS. The van der Waals surface area contributed by atoms with E-state index in [1.165, 1.54) is 11.3 Å². The number of likely N-dealkylation sites (tertiary alicyclic amines) is 1. The van der Waals surface area contributed by atoms with Gasteiger partial charge in [0.2, 0.25) is 0 Å². The molecule has 4 rings (SSSR count). The lowest BCUT2D eigenvalue weighted by Crippen LogP contribution is -2.39. The monoisotopic (exact) mass is 381 g/mol. The molecule has 1 saturated heterocycles. The molecule has 1 fully saturated rings. The highest BCUT2D eigenvalue weighted by Crippen LogP contribution is 2.28. The second-order valence-electron chi connectivity index (χ2n) is 6.97. The van der Waals surface area contributed by atoms with E-state index in [1.807, 2.05) is 55.5 Å². The number of hydrogen-bond acceptors (Lipinski definition) is 5. The summed E-state index contributed by atoms with van der Waals surface area (Å²) >= 11 is 1.49. The van der Waals surface area contributed by atoms with Gasteiger partial charge in [0.05, 0.1) is 22.9 Å². The second-order valence-corrected chi connectivity index (χ2v) is 8.18. The topological polar surface area (TPSA) is 63.9 Å². The van der Waals surface area contributed by atoms with Gasteiger partial charge in [0.25, 0.3) is 5.91 Å². The molecule has 0 aliphatic carbocycles. The normalized spacial score (nSPS) is 17.3. The Bertz CT molecular complexity index is 933. The van der Waals surface area contributed by atoms with Gasteiger partial charge in [-0.15, -0.1) is 11.3 Å². The van der Waals surface area contributed by atoms with Gasteiger partial charge < -0.3 is 9.47 Å². The summed E-state index contributed by atoms with van der Waals surface area (Å²) in [6.45, 7) is 6.06. The van der Waals surface area contributed by atoms with E-state index in [4.69, 9.17) is 0 Å². The maximum Gasteiger partial charge on any atom is 0.265 e. The number of hydrogen-bond donors (Lipinski definition) is 0. The van der Waals surface area contributed by atoms with Crippen LogP contribution in [-0.4, -0.2) is 43.4 Å². The van der Waals surface area contributed by atoms with Gasteiger partial charge in [0.1, 0.15) is 10.7 Å². The molecule has 0 bridgehead atoms. The van der Waals surface area contributed by atoms with Gasteiger partial charge >= 0.3 is 0 Å². The maximum atomic E-state index is 13.0. The smallest absolute Gasteiger partial charge is 0.265 e. The number of nitrogens with zero attached hydrogens (tertiary/aromatic N) is 5. The molecule has 140 valence electrons. The van der Waals surface area contributed by atoms with Crippen LogP contribution >= 0.6 is 11.3 Å². The molecule has 27 heavy (non-hydrogen) atoms. The average molecular weight is 382 g/mol. The largest absolute Gasteiger partial charge is 0.337 e. The van der Waals surface area contributed by atoms with E-state index in [0.717, 1.165) is 46.5 Å². The van der Waals surface area contributed by atoms with Gasteiger partial charge in [-0.25, -0.2) is 9.97 Å². The summed E-state index contributed by atoms with van der Waals surface area (Å²) in [5.41, 5.74) is 1.84. The number of rotatable bonds is 4. The Hall–Kier alpha value is -2.54. The lowest BCUT2D eigenvalue weighted by Gasteiger charge is -2.32. The number of piperidine rings is 1. The van der Waals surface area contributed by atoms with Crippen LogP contribution in [0.2, 0.25) is 0 Å². The van der Waals surface area contributed by atoms with Crippen molar-refractivity contribution in [1.29, 1.82) is 0 Å². The zero-order valence-corrected chi connectivity index (χ0v) is 16.4. The van der Waals surface area contributed by atoms with E-state index >= 15 is 0 Å². The van der Waals surface area contributed by atoms with Crippen molar-refractivity contribution in [1.82, 2.24) is 24.4 Å².